The minimum absolute atomic E-state index is 0.0755. The van der Waals surface area contributed by atoms with Crippen LogP contribution in [0.2, 0.25) is 0 Å². The fraction of sp³-hybridized carbons (Fsp3) is 0.250. The first-order valence-corrected chi connectivity index (χ1v) is 14.9. The summed E-state index contributed by atoms with van der Waals surface area (Å²) < 4.78 is 29.1. The van der Waals surface area contributed by atoms with Crippen LogP contribution in [0.3, 0.4) is 0 Å². The van der Waals surface area contributed by atoms with E-state index < -0.39 is 10.0 Å². The Morgan fingerprint density at radius 2 is 1.69 bits per heavy atom. The molecule has 3 atom stereocenters. The van der Waals surface area contributed by atoms with E-state index in [0.717, 1.165) is 41.0 Å². The lowest BCUT2D eigenvalue weighted by molar-refractivity contribution is -0.120. The van der Waals surface area contributed by atoms with Gasteiger partial charge >= 0.3 is 0 Å². The van der Waals surface area contributed by atoms with Crippen molar-refractivity contribution in [2.75, 3.05) is 4.90 Å². The molecule has 1 saturated carbocycles. The zero-order valence-electron chi connectivity index (χ0n) is 21.8. The number of anilines is 1. The normalized spacial score (nSPS) is 19.9. The highest BCUT2D eigenvalue weighted by Gasteiger charge is 2.46. The summed E-state index contributed by atoms with van der Waals surface area (Å²) in [6, 6.07) is 30.1. The van der Waals surface area contributed by atoms with E-state index in [1.165, 1.54) is 5.56 Å². The van der Waals surface area contributed by atoms with E-state index >= 15 is 0 Å². The lowest BCUT2D eigenvalue weighted by Crippen LogP contribution is -2.33. The van der Waals surface area contributed by atoms with E-state index in [2.05, 4.69) is 21.8 Å². The molecule has 0 spiro atoms. The maximum Gasteiger partial charge on any atom is 0.241 e. The highest BCUT2D eigenvalue weighted by Crippen LogP contribution is 2.49. The first-order chi connectivity index (χ1) is 18.9. The second-order valence-corrected chi connectivity index (χ2v) is 12.2. The maximum absolute atomic E-state index is 14.0. The molecule has 39 heavy (non-hydrogen) atoms. The molecule has 2 aliphatic rings. The largest absolute Gasteiger partial charge is 0.306 e. The van der Waals surface area contributed by atoms with Crippen molar-refractivity contribution in [3.05, 3.63) is 125 Å². The number of aryl methyl sites for hydroxylation is 2. The number of rotatable bonds is 8. The third-order valence-corrected chi connectivity index (χ3v) is 9.22. The molecule has 1 aromatic heterocycles. The summed E-state index contributed by atoms with van der Waals surface area (Å²) in [4.78, 5) is 20.7. The van der Waals surface area contributed by atoms with E-state index in [4.69, 9.17) is 0 Å². The lowest BCUT2D eigenvalue weighted by atomic mass is 10.1. The summed E-state index contributed by atoms with van der Waals surface area (Å²) in [5, 5.41) is 0. The first kappa shape index (κ1) is 25.5. The predicted octanol–water partition coefficient (Wildman–Crippen LogP) is 5.69. The lowest BCUT2D eigenvalue weighted by Gasteiger charge is -2.25. The van der Waals surface area contributed by atoms with Gasteiger partial charge in [0.2, 0.25) is 15.9 Å². The van der Waals surface area contributed by atoms with Crippen LogP contribution in [0.15, 0.2) is 102 Å². The number of amides is 1. The van der Waals surface area contributed by atoms with E-state index in [9.17, 15) is 13.2 Å². The van der Waals surface area contributed by atoms with Crippen LogP contribution >= 0.6 is 0 Å². The number of carbonyl (C=O) groups is 1. The number of hydrogen-bond acceptors (Lipinski definition) is 4. The molecule has 3 aromatic carbocycles. The molecule has 1 heterocycles. The molecule has 4 aromatic rings. The maximum atomic E-state index is 14.0. The number of fused-ring (bicyclic) bond motifs is 1. The van der Waals surface area contributed by atoms with Gasteiger partial charge in [-0.25, -0.2) is 13.1 Å². The fourth-order valence-electron chi connectivity index (χ4n) is 5.62. The third kappa shape index (κ3) is 5.37. The Morgan fingerprint density at radius 1 is 0.949 bits per heavy atom. The smallest absolute Gasteiger partial charge is 0.241 e. The Labute approximate surface area is 229 Å². The number of benzene rings is 3. The average molecular weight is 538 g/mol. The van der Waals surface area contributed by atoms with Gasteiger partial charge in [-0.15, -0.1) is 0 Å². The van der Waals surface area contributed by atoms with Crippen LogP contribution in [0.1, 0.15) is 52.9 Å². The summed E-state index contributed by atoms with van der Waals surface area (Å²) >= 11 is 0. The zero-order valence-corrected chi connectivity index (χ0v) is 22.6. The van der Waals surface area contributed by atoms with E-state index in [0.29, 0.717) is 13.0 Å². The van der Waals surface area contributed by atoms with E-state index in [1.807, 2.05) is 66.4 Å². The summed E-state index contributed by atoms with van der Waals surface area (Å²) in [7, 11) is -3.67. The average Bonchev–Trinajstić information content (AvgIpc) is 3.67. The third-order valence-electron chi connectivity index (χ3n) is 7.74. The van der Waals surface area contributed by atoms with Gasteiger partial charge in [0.15, 0.2) is 0 Å². The van der Waals surface area contributed by atoms with Crippen LogP contribution < -0.4 is 9.62 Å². The highest BCUT2D eigenvalue weighted by atomic mass is 32.2. The molecule has 1 amide bonds. The SMILES string of the molecule is Cc1cccc(CN(C(=O)[C@H]2C[C@H]2c2ccccc2)c2ccc3c(c2)[C@@H](NS(=O)(=O)c2ccccc2)CC3)n1. The molecule has 1 N–H and O–H groups in total. The van der Waals surface area contributed by atoms with Gasteiger partial charge in [-0.3, -0.25) is 9.78 Å². The monoisotopic (exact) mass is 537 g/mol. The van der Waals surface area contributed by atoms with Crippen molar-refractivity contribution >= 4 is 21.6 Å². The van der Waals surface area contributed by atoms with Crippen LogP contribution in [0, 0.1) is 12.8 Å². The van der Waals surface area contributed by atoms with Crippen LogP contribution in [0.5, 0.6) is 0 Å². The van der Waals surface area contributed by atoms with Gasteiger partial charge < -0.3 is 4.90 Å². The summed E-state index contributed by atoms with van der Waals surface area (Å²) in [5.74, 6) is 0.205. The van der Waals surface area contributed by atoms with E-state index in [1.54, 1.807) is 30.3 Å². The second-order valence-electron chi connectivity index (χ2n) is 10.5. The number of carbonyl (C=O) groups excluding carboxylic acids is 1. The minimum atomic E-state index is -3.67. The molecule has 7 heteroatoms. The van der Waals surface area contributed by atoms with Crippen molar-refractivity contribution in [3.8, 4) is 0 Å². The molecule has 2 aliphatic carbocycles. The molecular weight excluding hydrogens is 506 g/mol. The number of sulfonamides is 1. The molecule has 198 valence electrons. The first-order valence-electron chi connectivity index (χ1n) is 13.4. The molecule has 6 nitrogen and oxygen atoms in total. The Balaban J connectivity index is 1.30. The number of aromatic nitrogens is 1. The Kier molecular flexibility index (Phi) is 6.79. The van der Waals surface area contributed by atoms with Crippen molar-refractivity contribution in [3.63, 3.8) is 0 Å². The van der Waals surface area contributed by atoms with Crippen molar-refractivity contribution in [1.82, 2.24) is 9.71 Å². The van der Waals surface area contributed by atoms with Gasteiger partial charge in [0.25, 0.3) is 0 Å². The molecule has 0 aliphatic heterocycles. The summed E-state index contributed by atoms with van der Waals surface area (Å²) in [6.45, 7) is 2.30. The van der Waals surface area contributed by atoms with E-state index in [-0.39, 0.29) is 28.7 Å². The standard InChI is InChI=1S/C32H31N3O3S/c1-22-9-8-12-25(33-22)21-35(32(36)30-20-28(30)23-10-4-2-5-11-23)26-17-15-24-16-18-31(29(24)19-26)34-39(37,38)27-13-6-3-7-14-27/h2-15,17,19,28,30-31,34H,16,18,20-21H2,1H3/t28-,30-,31-/m0/s1. The highest BCUT2D eigenvalue weighted by molar-refractivity contribution is 7.89. The molecule has 0 saturated heterocycles. The zero-order chi connectivity index (χ0) is 27.0. The summed E-state index contributed by atoms with van der Waals surface area (Å²) in [6.07, 6.45) is 2.28. The Bertz CT molecular complexity index is 1610. The van der Waals surface area contributed by atoms with Crippen molar-refractivity contribution in [2.45, 2.75) is 49.6 Å². The van der Waals surface area contributed by atoms with Crippen molar-refractivity contribution < 1.29 is 13.2 Å². The Morgan fingerprint density at radius 3 is 2.44 bits per heavy atom. The molecule has 0 unspecified atom stereocenters. The minimum Gasteiger partial charge on any atom is -0.306 e. The second kappa shape index (κ2) is 10.4. The van der Waals surface area contributed by atoms with Gasteiger partial charge in [0.05, 0.1) is 17.1 Å². The van der Waals surface area contributed by atoms with Gasteiger partial charge in [-0.1, -0.05) is 60.7 Å². The topological polar surface area (TPSA) is 79.4 Å². The van der Waals surface area contributed by atoms with Crippen LogP contribution in [0.4, 0.5) is 5.69 Å². The van der Waals surface area contributed by atoms with Crippen LogP contribution in [-0.4, -0.2) is 19.3 Å². The van der Waals surface area contributed by atoms with Gasteiger partial charge in [0.1, 0.15) is 0 Å². The number of pyridine rings is 1. The Hall–Kier alpha value is -3.81. The van der Waals surface area contributed by atoms with Gasteiger partial charge in [-0.2, -0.15) is 0 Å². The van der Waals surface area contributed by atoms with Gasteiger partial charge in [-0.05, 0) is 85.2 Å². The quantitative estimate of drug-likeness (QED) is 0.313. The van der Waals surface area contributed by atoms with Crippen LogP contribution in [-0.2, 0) is 27.8 Å². The van der Waals surface area contributed by atoms with Gasteiger partial charge in [0, 0.05) is 23.3 Å². The molecule has 6 rings (SSSR count). The van der Waals surface area contributed by atoms with Crippen molar-refractivity contribution in [2.24, 2.45) is 5.92 Å². The molecule has 0 bridgehead atoms. The molecular formula is C32H31N3O3S. The summed E-state index contributed by atoms with van der Waals surface area (Å²) in [5.41, 5.74) is 5.71. The predicted molar refractivity (Wildman–Crippen MR) is 152 cm³/mol. The molecule has 0 radical (unpaired) electrons. The van der Waals surface area contributed by atoms with Crippen LogP contribution in [0.25, 0.3) is 0 Å². The number of hydrogen-bond donors (Lipinski definition) is 1. The molecule has 1 fully saturated rings. The fourth-order valence-corrected chi connectivity index (χ4v) is 6.89. The number of nitrogens with zero attached hydrogens (tertiary/aromatic N) is 2. The number of nitrogens with one attached hydrogen (secondary N) is 1. The van der Waals surface area contributed by atoms with Crippen molar-refractivity contribution in [1.29, 1.82) is 0 Å².